The van der Waals surface area contributed by atoms with Crippen molar-refractivity contribution >= 4 is 23.9 Å². The topological polar surface area (TPSA) is 186 Å². The van der Waals surface area contributed by atoms with Gasteiger partial charge in [-0.05, 0) is 83.6 Å². The molecule has 8 bridgehead atoms. The molecule has 12 heteroatoms. The fourth-order valence-corrected chi connectivity index (χ4v) is 5.24. The van der Waals surface area contributed by atoms with Gasteiger partial charge >= 0.3 is 23.9 Å². The van der Waals surface area contributed by atoms with Crippen molar-refractivity contribution < 1.29 is 58.6 Å². The van der Waals surface area contributed by atoms with Crippen LogP contribution in [0.4, 0.5) is 0 Å². The van der Waals surface area contributed by atoms with Gasteiger partial charge in [0.05, 0.1) is 26.4 Å². The molecule has 4 N–H and O–H groups in total. The first-order chi connectivity index (χ1) is 23.1. The highest BCUT2D eigenvalue weighted by molar-refractivity contribution is 5.93. The molecule has 0 saturated heterocycles. The molecule has 10 heterocycles. The number of ether oxygens (including phenoxy) is 4. The fourth-order valence-electron chi connectivity index (χ4n) is 5.24. The summed E-state index contributed by atoms with van der Waals surface area (Å²) < 4.78 is 22.9. The molecule has 0 unspecified atom stereocenters. The Bertz CT molecular complexity index is 1600. The molecule has 14 rings (SSSR count). The van der Waals surface area contributed by atoms with Crippen LogP contribution in [0, 0.1) is 0 Å². The molecule has 248 valence electrons. The zero-order valence-electron chi connectivity index (χ0n) is 25.6. The van der Waals surface area contributed by atoms with Gasteiger partial charge in [-0.25, -0.2) is 19.2 Å². The van der Waals surface area contributed by atoms with Crippen molar-refractivity contribution in [3.05, 3.63) is 117 Å². The highest BCUT2D eigenvalue weighted by atomic mass is 16.5. The Morgan fingerprint density at radius 2 is 0.625 bits per heavy atom. The van der Waals surface area contributed by atoms with Gasteiger partial charge in [-0.2, -0.15) is 0 Å². The quantitative estimate of drug-likeness (QED) is 0.211. The number of carbonyl (C=O) groups is 4. The lowest BCUT2D eigenvalue weighted by Crippen LogP contribution is -2.11. The summed E-state index contributed by atoms with van der Waals surface area (Å²) in [5.41, 5.74) is 2.25. The number of rotatable bonds is 4. The van der Waals surface area contributed by atoms with E-state index in [1.165, 1.54) is 24.3 Å². The second-order valence-corrected chi connectivity index (χ2v) is 11.0. The lowest BCUT2D eigenvalue weighted by Gasteiger charge is -2.15. The van der Waals surface area contributed by atoms with E-state index in [0.29, 0.717) is 35.1 Å². The standard InChI is InChI=1S/C36H32O12/c37-33(38)25-17-21-3-7-29(25)45-11-1-12-46-30-8-4-22(18-26(30)34(39)40)16-24-6-10-32(28(20-24)36(43)44)48-14-2-13-47-31-9-5-23(15-21)19-27(31)35(41)42/h3-10,17-20H,1-2,11-16H2,(H,37,38)(H,39,40)(H,41,42)(H,43,44). The number of benzene rings is 4. The number of carboxylic acid groups (broad SMARTS) is 4. The Balaban J connectivity index is 1.42. The first kappa shape index (κ1) is 33.3. The summed E-state index contributed by atoms with van der Waals surface area (Å²) in [6, 6.07) is 18.8. The third-order valence-electron chi connectivity index (χ3n) is 7.52. The van der Waals surface area contributed by atoms with Crippen molar-refractivity contribution in [1.29, 1.82) is 0 Å². The van der Waals surface area contributed by atoms with E-state index in [-0.39, 0.29) is 84.5 Å². The smallest absolute Gasteiger partial charge is 0.339 e. The monoisotopic (exact) mass is 656 g/mol. The summed E-state index contributed by atoms with van der Waals surface area (Å²) in [6.45, 7) is 0.370. The average molecular weight is 657 g/mol. The molecule has 0 amide bonds. The largest absolute Gasteiger partial charge is 0.493 e. The van der Waals surface area contributed by atoms with Crippen molar-refractivity contribution in [3.63, 3.8) is 0 Å². The molecule has 0 aromatic heterocycles. The molecular weight excluding hydrogens is 624 g/mol. The van der Waals surface area contributed by atoms with Crippen LogP contribution in [0.2, 0.25) is 0 Å². The van der Waals surface area contributed by atoms with E-state index < -0.39 is 23.9 Å². The molecule has 10 aliphatic heterocycles. The van der Waals surface area contributed by atoms with E-state index in [1.54, 1.807) is 48.5 Å². The molecule has 0 fully saturated rings. The van der Waals surface area contributed by atoms with Gasteiger partial charge in [0, 0.05) is 12.8 Å². The predicted octanol–water partition coefficient (Wildman–Crippen LogP) is 5.67. The zero-order valence-corrected chi connectivity index (χ0v) is 25.6. The van der Waals surface area contributed by atoms with Crippen LogP contribution in [0.5, 0.6) is 23.0 Å². The normalized spacial score (nSPS) is 13.7. The number of hydrogen-bond acceptors (Lipinski definition) is 8. The molecule has 10 aliphatic rings. The number of aromatic carboxylic acids is 4. The lowest BCUT2D eigenvalue weighted by atomic mass is 10.00. The molecule has 0 saturated carbocycles. The minimum atomic E-state index is -1.19. The molecule has 0 aliphatic carbocycles. The summed E-state index contributed by atoms with van der Waals surface area (Å²) in [4.78, 5) is 48.1. The molecule has 4 aromatic rings. The van der Waals surface area contributed by atoms with E-state index in [4.69, 9.17) is 18.9 Å². The van der Waals surface area contributed by atoms with E-state index >= 15 is 0 Å². The van der Waals surface area contributed by atoms with Crippen LogP contribution in [0.25, 0.3) is 0 Å². The third-order valence-corrected chi connectivity index (χ3v) is 7.52. The highest BCUT2D eigenvalue weighted by Gasteiger charge is 2.18. The van der Waals surface area contributed by atoms with Gasteiger partial charge in [0.15, 0.2) is 0 Å². The summed E-state index contributed by atoms with van der Waals surface area (Å²) in [5.74, 6) is -4.18. The maximum atomic E-state index is 12.0. The Kier molecular flexibility index (Phi) is 10.4. The summed E-state index contributed by atoms with van der Waals surface area (Å²) in [5, 5.41) is 39.3. The zero-order chi connectivity index (χ0) is 34.2. The van der Waals surface area contributed by atoms with Gasteiger partial charge in [0.1, 0.15) is 45.3 Å². The molecule has 48 heavy (non-hydrogen) atoms. The maximum Gasteiger partial charge on any atom is 0.339 e. The van der Waals surface area contributed by atoms with Crippen LogP contribution in [-0.4, -0.2) is 70.7 Å². The van der Waals surface area contributed by atoms with Crippen molar-refractivity contribution in [2.45, 2.75) is 25.7 Å². The Hall–Kier alpha value is -6.04. The summed E-state index contributed by atoms with van der Waals surface area (Å²) >= 11 is 0. The van der Waals surface area contributed by atoms with Gasteiger partial charge < -0.3 is 39.4 Å². The first-order valence-corrected chi connectivity index (χ1v) is 15.0. The Morgan fingerprint density at radius 1 is 0.396 bits per heavy atom. The Labute approximate surface area is 274 Å². The molecule has 0 atom stereocenters. The number of hydrogen-bond donors (Lipinski definition) is 4. The molecule has 0 radical (unpaired) electrons. The van der Waals surface area contributed by atoms with E-state index in [2.05, 4.69) is 0 Å². The van der Waals surface area contributed by atoms with Crippen LogP contribution in [0.1, 0.15) is 76.5 Å². The SMILES string of the molecule is O=C(O)c1cc2ccc1OCCCOc1ccc(cc1C(=O)O)Cc1ccc(c(C(=O)O)c1)OCCCOc1ccc(cc1C(=O)O)C2. The lowest BCUT2D eigenvalue weighted by molar-refractivity contribution is 0.0679. The summed E-state index contributed by atoms with van der Waals surface area (Å²) in [6.07, 6.45) is 1.14. The summed E-state index contributed by atoms with van der Waals surface area (Å²) in [7, 11) is 0. The Morgan fingerprint density at radius 3 is 0.833 bits per heavy atom. The van der Waals surface area contributed by atoms with E-state index in [1.807, 2.05) is 0 Å². The van der Waals surface area contributed by atoms with Crippen LogP contribution >= 0.6 is 0 Å². The number of carboxylic acids is 4. The average Bonchev–Trinajstić information content (AvgIpc) is 3.05. The fraction of sp³-hybridized carbons (Fsp3) is 0.222. The van der Waals surface area contributed by atoms with E-state index in [9.17, 15) is 39.6 Å². The third kappa shape index (κ3) is 8.21. The molecule has 0 spiro atoms. The highest BCUT2D eigenvalue weighted by Crippen LogP contribution is 2.28. The van der Waals surface area contributed by atoms with Gasteiger partial charge in [0.25, 0.3) is 0 Å². The van der Waals surface area contributed by atoms with Gasteiger partial charge in [-0.3, -0.25) is 0 Å². The maximum absolute atomic E-state index is 12.0. The first-order valence-electron chi connectivity index (χ1n) is 15.0. The molecule has 4 aromatic carbocycles. The van der Waals surface area contributed by atoms with Crippen molar-refractivity contribution in [2.24, 2.45) is 0 Å². The van der Waals surface area contributed by atoms with Crippen molar-refractivity contribution in [1.82, 2.24) is 0 Å². The second-order valence-electron chi connectivity index (χ2n) is 11.0. The van der Waals surface area contributed by atoms with Gasteiger partial charge in [-0.1, -0.05) is 24.3 Å². The minimum absolute atomic E-state index is 0.0594. The predicted molar refractivity (Wildman–Crippen MR) is 170 cm³/mol. The van der Waals surface area contributed by atoms with Crippen molar-refractivity contribution in [3.8, 4) is 23.0 Å². The van der Waals surface area contributed by atoms with Gasteiger partial charge in [-0.15, -0.1) is 0 Å². The van der Waals surface area contributed by atoms with Crippen molar-refractivity contribution in [2.75, 3.05) is 26.4 Å². The minimum Gasteiger partial charge on any atom is -0.493 e. The van der Waals surface area contributed by atoms with Crippen LogP contribution < -0.4 is 18.9 Å². The second kappa shape index (κ2) is 15.0. The molecular formula is C36H32O12. The van der Waals surface area contributed by atoms with Crippen LogP contribution in [-0.2, 0) is 12.8 Å². The molecule has 12 nitrogen and oxygen atoms in total. The van der Waals surface area contributed by atoms with Gasteiger partial charge in [0.2, 0.25) is 0 Å². The van der Waals surface area contributed by atoms with Crippen LogP contribution in [0.15, 0.2) is 72.8 Å². The van der Waals surface area contributed by atoms with E-state index in [0.717, 1.165) is 0 Å². The van der Waals surface area contributed by atoms with Crippen LogP contribution in [0.3, 0.4) is 0 Å².